The van der Waals surface area contributed by atoms with Gasteiger partial charge in [-0.3, -0.25) is 4.68 Å². The third-order valence-electron chi connectivity index (χ3n) is 4.99. The second-order valence-corrected chi connectivity index (χ2v) is 7.49. The molecule has 10 heteroatoms. The van der Waals surface area contributed by atoms with Gasteiger partial charge in [0.15, 0.2) is 5.69 Å². The number of halogens is 4. The molecule has 0 N–H and O–H groups in total. The van der Waals surface area contributed by atoms with Crippen LogP contribution < -0.4 is 0 Å². The van der Waals surface area contributed by atoms with E-state index in [1.807, 2.05) is 28.9 Å². The van der Waals surface area contributed by atoms with Crippen molar-refractivity contribution in [2.75, 3.05) is 0 Å². The fourth-order valence-corrected chi connectivity index (χ4v) is 3.49. The van der Waals surface area contributed by atoms with Crippen molar-refractivity contribution >= 4 is 11.6 Å². The van der Waals surface area contributed by atoms with Crippen LogP contribution in [0.1, 0.15) is 22.9 Å². The lowest BCUT2D eigenvalue weighted by atomic mass is 10.1. The molecule has 1 aliphatic heterocycles. The number of rotatable bonds is 3. The molecule has 5 rings (SSSR count). The Balaban J connectivity index is 1.36. The van der Waals surface area contributed by atoms with Crippen molar-refractivity contribution in [3.8, 4) is 23.0 Å². The maximum Gasteiger partial charge on any atom is 0.416 e. The summed E-state index contributed by atoms with van der Waals surface area (Å²) in [7, 11) is 0. The molecule has 0 saturated heterocycles. The van der Waals surface area contributed by atoms with E-state index in [0.29, 0.717) is 29.4 Å². The third-order valence-corrected chi connectivity index (χ3v) is 5.24. The van der Waals surface area contributed by atoms with E-state index in [4.69, 9.17) is 20.9 Å². The average Bonchev–Trinajstić information content (AvgIpc) is 3.40. The van der Waals surface area contributed by atoms with Crippen LogP contribution in [0.15, 0.2) is 59.1 Å². The lowest BCUT2D eigenvalue weighted by molar-refractivity contribution is -0.137. The molecule has 158 valence electrons. The first-order chi connectivity index (χ1) is 14.9. The van der Waals surface area contributed by atoms with E-state index in [1.54, 1.807) is 6.07 Å². The number of alkyl halides is 3. The van der Waals surface area contributed by atoms with Crippen molar-refractivity contribution in [3.05, 3.63) is 76.4 Å². The quantitative estimate of drug-likeness (QED) is 0.413. The summed E-state index contributed by atoms with van der Waals surface area (Å²) in [4.78, 5) is 4.28. The standard InChI is InChI=1S/C21H14ClF3N4O2/c22-15-7-3-12(4-8-15)18-10-29-16(11-30-18)9-17(27-29)20-26-19(28-31-20)13-1-5-14(6-2-13)21(23,24)25/h1-9,18H,10-11H2/t18-/m1/s1. The molecule has 0 aliphatic carbocycles. The number of fused-ring (bicyclic) bond motifs is 1. The number of ether oxygens (including phenoxy) is 1. The van der Waals surface area contributed by atoms with Gasteiger partial charge < -0.3 is 9.26 Å². The largest absolute Gasteiger partial charge is 0.416 e. The fraction of sp³-hybridized carbons (Fsp3) is 0.190. The molecule has 4 aromatic rings. The average molecular weight is 447 g/mol. The van der Waals surface area contributed by atoms with Crippen molar-refractivity contribution in [1.82, 2.24) is 19.9 Å². The van der Waals surface area contributed by atoms with E-state index in [2.05, 4.69) is 15.2 Å². The Morgan fingerprint density at radius 2 is 1.77 bits per heavy atom. The first-order valence-corrected chi connectivity index (χ1v) is 9.70. The second kappa shape index (κ2) is 7.51. The highest BCUT2D eigenvalue weighted by molar-refractivity contribution is 6.30. The van der Waals surface area contributed by atoms with E-state index >= 15 is 0 Å². The molecule has 1 aliphatic rings. The Morgan fingerprint density at radius 1 is 1.03 bits per heavy atom. The van der Waals surface area contributed by atoms with Crippen LogP contribution >= 0.6 is 11.6 Å². The number of aromatic nitrogens is 4. The maximum absolute atomic E-state index is 12.7. The Hall–Kier alpha value is -3.17. The first-order valence-electron chi connectivity index (χ1n) is 9.32. The third kappa shape index (κ3) is 3.94. The van der Waals surface area contributed by atoms with Gasteiger partial charge in [0.1, 0.15) is 6.10 Å². The van der Waals surface area contributed by atoms with Crippen molar-refractivity contribution in [3.63, 3.8) is 0 Å². The smallest absolute Gasteiger partial charge is 0.365 e. The SMILES string of the molecule is FC(F)(F)c1ccc(-c2noc(-c3cc4n(n3)C[C@H](c3ccc(Cl)cc3)OC4)n2)cc1. The number of hydrogen-bond donors (Lipinski definition) is 0. The maximum atomic E-state index is 12.7. The first kappa shape index (κ1) is 19.8. The molecule has 0 unspecified atom stereocenters. The van der Waals surface area contributed by atoms with Crippen LogP contribution in [0.25, 0.3) is 23.0 Å². The fourth-order valence-electron chi connectivity index (χ4n) is 3.36. The van der Waals surface area contributed by atoms with Crippen LogP contribution in [0.3, 0.4) is 0 Å². The number of hydrogen-bond acceptors (Lipinski definition) is 5. The summed E-state index contributed by atoms with van der Waals surface area (Å²) in [5, 5.41) is 9.06. The molecule has 0 amide bonds. The zero-order valence-corrected chi connectivity index (χ0v) is 16.6. The molecule has 0 saturated carbocycles. The summed E-state index contributed by atoms with van der Waals surface area (Å²) < 4.78 is 51.3. The second-order valence-electron chi connectivity index (χ2n) is 7.05. The molecule has 0 fully saturated rings. The Morgan fingerprint density at radius 3 is 2.48 bits per heavy atom. The van der Waals surface area contributed by atoms with Gasteiger partial charge in [0.2, 0.25) is 5.82 Å². The summed E-state index contributed by atoms with van der Waals surface area (Å²) in [6.07, 6.45) is -4.56. The molecule has 0 spiro atoms. The highest BCUT2D eigenvalue weighted by Crippen LogP contribution is 2.32. The van der Waals surface area contributed by atoms with Gasteiger partial charge in [0.25, 0.3) is 5.89 Å². The molecule has 2 aromatic carbocycles. The van der Waals surface area contributed by atoms with Crippen LogP contribution in [0.4, 0.5) is 13.2 Å². The van der Waals surface area contributed by atoms with Crippen LogP contribution in [-0.4, -0.2) is 19.9 Å². The monoisotopic (exact) mass is 446 g/mol. The van der Waals surface area contributed by atoms with Gasteiger partial charge in [0.05, 0.1) is 24.4 Å². The highest BCUT2D eigenvalue weighted by atomic mass is 35.5. The molecule has 1 atom stereocenters. The summed E-state index contributed by atoms with van der Waals surface area (Å²) in [6.45, 7) is 0.872. The Labute approximate surface area is 179 Å². The Bertz CT molecular complexity index is 1220. The van der Waals surface area contributed by atoms with E-state index in [0.717, 1.165) is 23.4 Å². The van der Waals surface area contributed by atoms with Gasteiger partial charge in [-0.05, 0) is 35.9 Å². The molecule has 2 aromatic heterocycles. The predicted octanol–water partition coefficient (Wildman–Crippen LogP) is 5.54. The lowest BCUT2D eigenvalue weighted by Crippen LogP contribution is -2.21. The topological polar surface area (TPSA) is 66.0 Å². The predicted molar refractivity (Wildman–Crippen MR) is 105 cm³/mol. The van der Waals surface area contributed by atoms with E-state index in [9.17, 15) is 13.2 Å². The zero-order chi connectivity index (χ0) is 21.6. The minimum absolute atomic E-state index is 0.164. The van der Waals surface area contributed by atoms with Crippen LogP contribution in [0.2, 0.25) is 5.02 Å². The van der Waals surface area contributed by atoms with Crippen molar-refractivity contribution in [2.45, 2.75) is 25.4 Å². The van der Waals surface area contributed by atoms with Gasteiger partial charge in [-0.15, -0.1) is 0 Å². The highest BCUT2D eigenvalue weighted by Gasteiger charge is 2.30. The van der Waals surface area contributed by atoms with E-state index in [-0.39, 0.29) is 17.8 Å². The van der Waals surface area contributed by atoms with Crippen molar-refractivity contribution < 1.29 is 22.4 Å². The molecular weight excluding hydrogens is 433 g/mol. The molecule has 0 radical (unpaired) electrons. The van der Waals surface area contributed by atoms with E-state index < -0.39 is 11.7 Å². The van der Waals surface area contributed by atoms with Gasteiger partial charge in [-0.2, -0.15) is 23.3 Å². The molecule has 3 heterocycles. The molecule has 0 bridgehead atoms. The molecular formula is C21H14ClF3N4O2. The van der Waals surface area contributed by atoms with Crippen molar-refractivity contribution in [1.29, 1.82) is 0 Å². The van der Waals surface area contributed by atoms with Crippen LogP contribution in [0, 0.1) is 0 Å². The Kier molecular flexibility index (Phi) is 4.79. The summed E-state index contributed by atoms with van der Waals surface area (Å²) in [5.41, 5.74) is 2.00. The van der Waals surface area contributed by atoms with Gasteiger partial charge in [-0.25, -0.2) is 0 Å². The van der Waals surface area contributed by atoms with Gasteiger partial charge in [0, 0.05) is 10.6 Å². The molecule has 31 heavy (non-hydrogen) atoms. The number of nitrogens with zero attached hydrogens (tertiary/aromatic N) is 4. The minimum atomic E-state index is -4.40. The number of benzene rings is 2. The minimum Gasteiger partial charge on any atom is -0.365 e. The summed E-state index contributed by atoms with van der Waals surface area (Å²) in [5.74, 6) is 0.366. The van der Waals surface area contributed by atoms with Gasteiger partial charge in [-0.1, -0.05) is 41.0 Å². The van der Waals surface area contributed by atoms with Crippen LogP contribution in [-0.2, 0) is 24.1 Å². The lowest BCUT2D eigenvalue weighted by Gasteiger charge is -2.24. The summed E-state index contributed by atoms with van der Waals surface area (Å²) in [6, 6.07) is 13.8. The van der Waals surface area contributed by atoms with Gasteiger partial charge >= 0.3 is 6.18 Å². The van der Waals surface area contributed by atoms with Crippen LogP contribution in [0.5, 0.6) is 0 Å². The normalized spacial score (nSPS) is 16.3. The zero-order valence-electron chi connectivity index (χ0n) is 15.8. The van der Waals surface area contributed by atoms with E-state index in [1.165, 1.54) is 12.1 Å². The summed E-state index contributed by atoms with van der Waals surface area (Å²) >= 11 is 5.95. The van der Waals surface area contributed by atoms with Crippen molar-refractivity contribution in [2.24, 2.45) is 0 Å². The molecule has 6 nitrogen and oxygen atoms in total.